The lowest BCUT2D eigenvalue weighted by Gasteiger charge is -2.08. The monoisotopic (exact) mass is 258 g/mol. The van der Waals surface area contributed by atoms with Crippen molar-refractivity contribution in [2.24, 2.45) is 5.84 Å². The first-order valence-corrected chi connectivity index (χ1v) is 5.78. The van der Waals surface area contributed by atoms with Crippen LogP contribution in [0.2, 0.25) is 0 Å². The zero-order chi connectivity index (χ0) is 12.8. The molecule has 0 unspecified atom stereocenters. The Morgan fingerprint density at radius 3 is 2.88 bits per heavy atom. The van der Waals surface area contributed by atoms with Gasteiger partial charge in [0.1, 0.15) is 6.20 Å². The average Bonchev–Trinajstić information content (AvgIpc) is 2.28. The molecule has 0 aliphatic carbocycles. The average molecular weight is 258 g/mol. The Morgan fingerprint density at radius 2 is 2.35 bits per heavy atom. The van der Waals surface area contributed by atoms with Crippen LogP contribution in [0.1, 0.15) is 0 Å². The minimum Gasteiger partial charge on any atom is -0.309 e. The van der Waals surface area contributed by atoms with Gasteiger partial charge in [-0.2, -0.15) is 4.98 Å². The number of nitrogens with one attached hydrogen (secondary N) is 1. The van der Waals surface area contributed by atoms with Crippen molar-refractivity contribution in [3.05, 3.63) is 16.3 Å². The first-order chi connectivity index (χ1) is 8.04. The molecule has 0 fully saturated rings. The lowest BCUT2D eigenvalue weighted by molar-refractivity contribution is -0.388. The largest absolute Gasteiger partial charge is 0.319 e. The fraction of sp³-hybridized carbons (Fsp3) is 0.500. The highest BCUT2D eigenvalue weighted by molar-refractivity contribution is 7.99. The fourth-order valence-electron chi connectivity index (χ4n) is 0.986. The minimum absolute atomic E-state index is 0.104. The number of nitro groups is 1. The second-order valence-electron chi connectivity index (χ2n) is 3.44. The predicted octanol–water partition coefficient (Wildman–Crippen LogP) is 0.324. The van der Waals surface area contributed by atoms with Gasteiger partial charge in [0, 0.05) is 12.3 Å². The third-order valence-corrected chi connectivity index (χ3v) is 2.80. The van der Waals surface area contributed by atoms with Gasteiger partial charge in [-0.05, 0) is 14.1 Å². The Kier molecular flexibility index (Phi) is 5.07. The molecule has 0 saturated carbocycles. The van der Waals surface area contributed by atoms with Gasteiger partial charge < -0.3 is 4.90 Å². The van der Waals surface area contributed by atoms with Gasteiger partial charge in [0.25, 0.3) is 0 Å². The summed E-state index contributed by atoms with van der Waals surface area (Å²) in [6, 6.07) is 0. The summed E-state index contributed by atoms with van der Waals surface area (Å²) < 4.78 is 0. The topological polar surface area (TPSA) is 110 Å². The van der Waals surface area contributed by atoms with E-state index in [-0.39, 0.29) is 11.6 Å². The zero-order valence-corrected chi connectivity index (χ0v) is 10.4. The van der Waals surface area contributed by atoms with Crippen LogP contribution in [0.15, 0.2) is 11.2 Å². The molecule has 0 radical (unpaired) electrons. The van der Waals surface area contributed by atoms with Crippen molar-refractivity contribution in [3.8, 4) is 0 Å². The van der Waals surface area contributed by atoms with Gasteiger partial charge in [0.15, 0.2) is 5.03 Å². The molecule has 0 aliphatic heterocycles. The van der Waals surface area contributed by atoms with E-state index in [1.165, 1.54) is 11.8 Å². The van der Waals surface area contributed by atoms with Crippen LogP contribution in [-0.2, 0) is 0 Å². The second kappa shape index (κ2) is 6.33. The van der Waals surface area contributed by atoms with Crippen molar-refractivity contribution in [1.82, 2.24) is 14.9 Å². The Labute approximate surface area is 103 Å². The normalized spacial score (nSPS) is 10.6. The highest BCUT2D eigenvalue weighted by Crippen LogP contribution is 2.26. The van der Waals surface area contributed by atoms with Crippen LogP contribution in [0.3, 0.4) is 0 Å². The molecule has 17 heavy (non-hydrogen) atoms. The number of hydrogen-bond acceptors (Lipinski definition) is 8. The van der Waals surface area contributed by atoms with Crippen LogP contribution in [0.5, 0.6) is 0 Å². The molecule has 1 rings (SSSR count). The lowest BCUT2D eigenvalue weighted by atomic mass is 10.5. The summed E-state index contributed by atoms with van der Waals surface area (Å²) in [6.07, 6.45) is 1.15. The van der Waals surface area contributed by atoms with Crippen LogP contribution >= 0.6 is 11.8 Å². The van der Waals surface area contributed by atoms with E-state index < -0.39 is 4.92 Å². The number of anilines is 1. The van der Waals surface area contributed by atoms with Gasteiger partial charge in [0.2, 0.25) is 5.95 Å². The van der Waals surface area contributed by atoms with Gasteiger partial charge in [0.05, 0.1) is 4.92 Å². The Morgan fingerprint density at radius 1 is 1.65 bits per heavy atom. The molecule has 1 aromatic heterocycles. The SMILES string of the molecule is CN(C)CCSc1nc(NN)ncc1[N+](=O)[O-]. The molecule has 1 aromatic rings. The number of rotatable bonds is 6. The molecule has 0 aliphatic rings. The van der Waals surface area contributed by atoms with Crippen molar-refractivity contribution < 1.29 is 4.92 Å². The molecule has 3 N–H and O–H groups in total. The maximum atomic E-state index is 10.8. The van der Waals surface area contributed by atoms with Crippen LogP contribution in [0.25, 0.3) is 0 Å². The zero-order valence-electron chi connectivity index (χ0n) is 9.58. The molecule has 0 atom stereocenters. The van der Waals surface area contributed by atoms with Crippen molar-refractivity contribution >= 4 is 23.4 Å². The third kappa shape index (κ3) is 4.13. The first-order valence-electron chi connectivity index (χ1n) is 4.80. The number of hydrogen-bond donors (Lipinski definition) is 2. The van der Waals surface area contributed by atoms with Crippen LogP contribution < -0.4 is 11.3 Å². The molecule has 0 saturated heterocycles. The Bertz CT molecular complexity index is 400. The first kappa shape index (κ1) is 13.6. The van der Waals surface area contributed by atoms with E-state index in [2.05, 4.69) is 15.4 Å². The maximum absolute atomic E-state index is 10.8. The van der Waals surface area contributed by atoms with Crippen LogP contribution in [-0.4, -0.2) is 46.2 Å². The van der Waals surface area contributed by atoms with E-state index in [0.29, 0.717) is 10.8 Å². The number of aromatic nitrogens is 2. The van der Waals surface area contributed by atoms with E-state index in [1.54, 1.807) is 0 Å². The Hall–Kier alpha value is -1.45. The van der Waals surface area contributed by atoms with Gasteiger partial charge in [-0.15, -0.1) is 0 Å². The van der Waals surface area contributed by atoms with Crippen LogP contribution in [0.4, 0.5) is 11.6 Å². The van der Waals surface area contributed by atoms with E-state index in [9.17, 15) is 10.1 Å². The van der Waals surface area contributed by atoms with Crippen LogP contribution in [0, 0.1) is 10.1 Å². The van der Waals surface area contributed by atoms with Crippen molar-refractivity contribution in [2.45, 2.75) is 5.03 Å². The molecular weight excluding hydrogens is 244 g/mol. The summed E-state index contributed by atoms with van der Waals surface area (Å²) in [7, 11) is 3.86. The number of nitrogens with two attached hydrogens (primary N) is 1. The molecule has 0 bridgehead atoms. The quantitative estimate of drug-likeness (QED) is 0.247. The van der Waals surface area contributed by atoms with Gasteiger partial charge in [-0.3, -0.25) is 15.5 Å². The summed E-state index contributed by atoms with van der Waals surface area (Å²) in [4.78, 5) is 19.9. The summed E-state index contributed by atoms with van der Waals surface area (Å²) in [6.45, 7) is 0.803. The van der Waals surface area contributed by atoms with Gasteiger partial charge in [-0.25, -0.2) is 10.8 Å². The van der Waals surface area contributed by atoms with Crippen molar-refractivity contribution in [2.75, 3.05) is 31.8 Å². The molecule has 0 aromatic carbocycles. The van der Waals surface area contributed by atoms with E-state index in [1.807, 2.05) is 19.0 Å². The van der Waals surface area contributed by atoms with Gasteiger partial charge >= 0.3 is 5.69 Å². The smallest absolute Gasteiger partial charge is 0.309 e. The summed E-state index contributed by atoms with van der Waals surface area (Å²) in [5.74, 6) is 6.03. The molecule has 8 nitrogen and oxygen atoms in total. The summed E-state index contributed by atoms with van der Waals surface area (Å²) in [5.41, 5.74) is 2.16. The Balaban J connectivity index is 2.82. The number of nitrogens with zero attached hydrogens (tertiary/aromatic N) is 4. The fourth-order valence-corrected chi connectivity index (χ4v) is 2.06. The highest BCUT2D eigenvalue weighted by Gasteiger charge is 2.17. The molecule has 94 valence electrons. The number of nitrogen functional groups attached to an aromatic ring is 1. The number of thioether (sulfide) groups is 1. The third-order valence-electron chi connectivity index (χ3n) is 1.84. The number of hydrazine groups is 1. The molecule has 1 heterocycles. The maximum Gasteiger partial charge on any atom is 0.319 e. The van der Waals surface area contributed by atoms with Gasteiger partial charge in [-0.1, -0.05) is 11.8 Å². The van der Waals surface area contributed by atoms with Crippen molar-refractivity contribution in [1.29, 1.82) is 0 Å². The molecular formula is C8H14N6O2S. The van der Waals surface area contributed by atoms with Crippen molar-refractivity contribution in [3.63, 3.8) is 0 Å². The van der Waals surface area contributed by atoms with E-state index >= 15 is 0 Å². The molecule has 9 heteroatoms. The summed E-state index contributed by atoms with van der Waals surface area (Å²) >= 11 is 1.30. The van der Waals surface area contributed by atoms with E-state index in [0.717, 1.165) is 12.7 Å². The summed E-state index contributed by atoms with van der Waals surface area (Å²) in [5, 5.41) is 11.1. The van der Waals surface area contributed by atoms with E-state index in [4.69, 9.17) is 5.84 Å². The predicted molar refractivity (Wildman–Crippen MR) is 65.8 cm³/mol. The lowest BCUT2D eigenvalue weighted by Crippen LogP contribution is -2.15. The molecule has 0 spiro atoms. The standard InChI is InChI=1S/C8H14N6O2S/c1-13(2)3-4-17-7-6(14(15)16)5-10-8(11-7)12-9/h5H,3-4,9H2,1-2H3,(H,10,11,12). The molecule has 0 amide bonds. The highest BCUT2D eigenvalue weighted by atomic mass is 32.2. The minimum atomic E-state index is -0.502. The second-order valence-corrected chi connectivity index (χ2v) is 4.52.